The van der Waals surface area contributed by atoms with Crippen molar-refractivity contribution in [3.05, 3.63) is 23.8 Å². The Hall–Kier alpha value is -0.520. The van der Waals surface area contributed by atoms with Gasteiger partial charge in [-0.1, -0.05) is 18.2 Å². The lowest BCUT2D eigenvalue weighted by molar-refractivity contribution is 0.921. The predicted octanol–water partition coefficient (Wildman–Crippen LogP) is 3.31. The highest BCUT2D eigenvalue weighted by Crippen LogP contribution is 2.45. The van der Waals surface area contributed by atoms with Crippen molar-refractivity contribution in [1.82, 2.24) is 0 Å². The minimum Gasteiger partial charge on any atom is -0.0988 e. The van der Waals surface area contributed by atoms with Crippen molar-refractivity contribution in [2.24, 2.45) is 11.8 Å². The molecule has 0 aromatic heterocycles. The van der Waals surface area contributed by atoms with Crippen molar-refractivity contribution in [2.75, 3.05) is 0 Å². The van der Waals surface area contributed by atoms with Gasteiger partial charge in [0.2, 0.25) is 0 Å². The maximum absolute atomic E-state index is 3.90. The summed E-state index contributed by atoms with van der Waals surface area (Å²) in [6.45, 7) is 6.19. The monoisotopic (exact) mass is 148 g/mol. The molecule has 0 N–H and O–H groups in total. The molecule has 2 saturated carbocycles. The van der Waals surface area contributed by atoms with E-state index in [1.807, 2.05) is 0 Å². The molecule has 0 atom stereocenters. The van der Waals surface area contributed by atoms with E-state index in [0.29, 0.717) is 0 Å². The zero-order valence-corrected chi connectivity index (χ0v) is 7.27. The van der Waals surface area contributed by atoms with Crippen molar-refractivity contribution in [2.45, 2.75) is 32.6 Å². The van der Waals surface area contributed by atoms with Gasteiger partial charge >= 0.3 is 0 Å². The van der Waals surface area contributed by atoms with Gasteiger partial charge in [-0.25, -0.2) is 0 Å². The summed E-state index contributed by atoms with van der Waals surface area (Å²) in [7, 11) is 0. The van der Waals surface area contributed by atoms with Crippen LogP contribution >= 0.6 is 0 Å². The normalized spacial score (nSPS) is 26.3. The van der Waals surface area contributed by atoms with E-state index < -0.39 is 0 Å². The minimum absolute atomic E-state index is 0.896. The highest BCUT2D eigenvalue weighted by atomic mass is 14.4. The molecule has 2 aliphatic rings. The summed E-state index contributed by atoms with van der Waals surface area (Å²) in [5, 5.41) is 0. The molecule has 0 radical (unpaired) electrons. The molecule has 0 saturated heterocycles. The number of rotatable bonds is 3. The standard InChI is InChI=1S/C11H16/c1-3-11(10-6-7-10)8(2)9-4-5-9/h3,9-10H,1,4-7H2,2H3/b11-8-. The molecule has 0 heterocycles. The Morgan fingerprint density at radius 3 is 2.09 bits per heavy atom. The molecule has 0 aromatic carbocycles. The molecule has 0 bridgehead atoms. The van der Waals surface area contributed by atoms with Crippen LogP contribution in [0.3, 0.4) is 0 Å². The molecular formula is C11H16. The van der Waals surface area contributed by atoms with Crippen molar-refractivity contribution in [3.63, 3.8) is 0 Å². The van der Waals surface area contributed by atoms with Crippen molar-refractivity contribution >= 4 is 0 Å². The van der Waals surface area contributed by atoms with Gasteiger partial charge in [0.1, 0.15) is 0 Å². The van der Waals surface area contributed by atoms with Gasteiger partial charge in [0.15, 0.2) is 0 Å². The summed E-state index contributed by atoms with van der Waals surface area (Å²) in [5.41, 5.74) is 3.22. The SMILES string of the molecule is C=C/C(=C(\C)C1CC1)C1CC1. The minimum atomic E-state index is 0.896. The highest BCUT2D eigenvalue weighted by Gasteiger charge is 2.31. The summed E-state index contributed by atoms with van der Waals surface area (Å²) in [5.74, 6) is 1.83. The fourth-order valence-electron chi connectivity index (χ4n) is 1.80. The third-order valence-electron chi connectivity index (χ3n) is 2.88. The van der Waals surface area contributed by atoms with Crippen LogP contribution in [0.1, 0.15) is 32.6 Å². The fourth-order valence-corrected chi connectivity index (χ4v) is 1.80. The molecule has 0 unspecified atom stereocenters. The van der Waals surface area contributed by atoms with Crippen LogP contribution < -0.4 is 0 Å². The third kappa shape index (κ3) is 1.40. The van der Waals surface area contributed by atoms with Crippen LogP contribution in [0.5, 0.6) is 0 Å². The van der Waals surface area contributed by atoms with Crippen LogP contribution in [0, 0.1) is 11.8 Å². The molecule has 0 aromatic rings. The Kier molecular flexibility index (Phi) is 1.63. The van der Waals surface area contributed by atoms with Gasteiger partial charge in [-0.2, -0.15) is 0 Å². The third-order valence-corrected chi connectivity index (χ3v) is 2.88. The Balaban J connectivity index is 2.15. The summed E-state index contributed by atoms with van der Waals surface area (Å²) < 4.78 is 0. The van der Waals surface area contributed by atoms with E-state index >= 15 is 0 Å². The average Bonchev–Trinajstić information content (AvgIpc) is 2.86. The molecule has 2 aliphatic carbocycles. The van der Waals surface area contributed by atoms with Crippen LogP contribution in [0.15, 0.2) is 23.8 Å². The Morgan fingerprint density at radius 2 is 1.73 bits per heavy atom. The van der Waals surface area contributed by atoms with Crippen LogP contribution in [-0.4, -0.2) is 0 Å². The van der Waals surface area contributed by atoms with E-state index in [-0.39, 0.29) is 0 Å². The molecule has 0 heteroatoms. The zero-order chi connectivity index (χ0) is 7.84. The Labute approximate surface area is 69.0 Å². The summed E-state index contributed by atoms with van der Waals surface area (Å²) >= 11 is 0. The maximum Gasteiger partial charge on any atom is -0.0162 e. The molecule has 0 amide bonds. The first-order chi connectivity index (χ1) is 5.33. The van der Waals surface area contributed by atoms with Crippen LogP contribution in [-0.2, 0) is 0 Å². The quantitative estimate of drug-likeness (QED) is 0.539. The second-order valence-electron chi connectivity index (χ2n) is 3.89. The molecular weight excluding hydrogens is 132 g/mol. The largest absolute Gasteiger partial charge is 0.0988 e. The molecule has 60 valence electrons. The molecule has 2 rings (SSSR count). The average molecular weight is 148 g/mol. The van der Waals surface area contributed by atoms with E-state index in [0.717, 1.165) is 11.8 Å². The Bertz CT molecular complexity index is 202. The van der Waals surface area contributed by atoms with Crippen LogP contribution in [0.25, 0.3) is 0 Å². The number of allylic oxidation sites excluding steroid dienone is 3. The lowest BCUT2D eigenvalue weighted by atomic mass is 10.0. The van der Waals surface area contributed by atoms with Gasteiger partial charge in [-0.3, -0.25) is 0 Å². The fraction of sp³-hybridized carbons (Fsp3) is 0.636. The summed E-state index contributed by atoms with van der Waals surface area (Å²) in [6, 6.07) is 0. The van der Waals surface area contributed by atoms with Gasteiger partial charge in [-0.15, -0.1) is 0 Å². The highest BCUT2D eigenvalue weighted by molar-refractivity contribution is 5.31. The summed E-state index contributed by atoms with van der Waals surface area (Å²) in [6.07, 6.45) is 7.76. The molecule has 0 spiro atoms. The molecule has 2 fully saturated rings. The topological polar surface area (TPSA) is 0 Å². The van der Waals surface area contributed by atoms with E-state index in [4.69, 9.17) is 0 Å². The van der Waals surface area contributed by atoms with Gasteiger partial charge in [-0.05, 0) is 50.0 Å². The first kappa shape index (κ1) is 7.15. The van der Waals surface area contributed by atoms with E-state index in [2.05, 4.69) is 19.6 Å². The Morgan fingerprint density at radius 1 is 1.18 bits per heavy atom. The first-order valence-electron chi connectivity index (χ1n) is 4.66. The molecule has 0 aliphatic heterocycles. The van der Waals surface area contributed by atoms with Gasteiger partial charge < -0.3 is 0 Å². The lowest BCUT2D eigenvalue weighted by Gasteiger charge is -2.04. The first-order valence-corrected chi connectivity index (χ1v) is 4.66. The van der Waals surface area contributed by atoms with Crippen molar-refractivity contribution in [3.8, 4) is 0 Å². The molecule has 0 nitrogen and oxygen atoms in total. The van der Waals surface area contributed by atoms with Crippen molar-refractivity contribution in [1.29, 1.82) is 0 Å². The van der Waals surface area contributed by atoms with E-state index in [9.17, 15) is 0 Å². The van der Waals surface area contributed by atoms with Crippen molar-refractivity contribution < 1.29 is 0 Å². The summed E-state index contributed by atoms with van der Waals surface area (Å²) in [4.78, 5) is 0. The second kappa shape index (κ2) is 2.51. The second-order valence-corrected chi connectivity index (χ2v) is 3.89. The number of hydrogen-bond donors (Lipinski definition) is 0. The lowest BCUT2D eigenvalue weighted by Crippen LogP contribution is -1.89. The molecule has 11 heavy (non-hydrogen) atoms. The van der Waals surface area contributed by atoms with E-state index in [1.165, 1.54) is 25.7 Å². The smallest absolute Gasteiger partial charge is 0.0162 e. The predicted molar refractivity (Wildman–Crippen MR) is 48.3 cm³/mol. The van der Waals surface area contributed by atoms with Gasteiger partial charge in [0.05, 0.1) is 0 Å². The number of hydrogen-bond acceptors (Lipinski definition) is 0. The van der Waals surface area contributed by atoms with Gasteiger partial charge in [0, 0.05) is 0 Å². The maximum atomic E-state index is 3.90. The van der Waals surface area contributed by atoms with Crippen LogP contribution in [0.4, 0.5) is 0 Å². The van der Waals surface area contributed by atoms with Gasteiger partial charge in [0.25, 0.3) is 0 Å². The van der Waals surface area contributed by atoms with Crippen LogP contribution in [0.2, 0.25) is 0 Å². The van der Waals surface area contributed by atoms with E-state index in [1.54, 1.807) is 11.1 Å². The zero-order valence-electron chi connectivity index (χ0n) is 7.27.